The van der Waals surface area contributed by atoms with E-state index in [1.54, 1.807) is 12.4 Å². The Balaban J connectivity index is 1.40. The topological polar surface area (TPSA) is 70.7 Å². The molecule has 152 valence electrons. The van der Waals surface area contributed by atoms with Crippen LogP contribution in [0.3, 0.4) is 0 Å². The number of H-pyrrole nitrogens is 1. The fraction of sp³-hybridized carbons (Fsp3) is 0.0952. The van der Waals surface area contributed by atoms with Crippen LogP contribution < -0.4 is 5.32 Å². The summed E-state index contributed by atoms with van der Waals surface area (Å²) < 4.78 is 38.0. The van der Waals surface area contributed by atoms with Gasteiger partial charge in [0.15, 0.2) is 11.0 Å². The molecule has 2 N–H and O–H groups in total. The van der Waals surface area contributed by atoms with E-state index in [4.69, 9.17) is 0 Å². The number of carbonyl (C=O) groups is 1. The van der Waals surface area contributed by atoms with Gasteiger partial charge in [-0.05, 0) is 23.3 Å². The van der Waals surface area contributed by atoms with Crippen LogP contribution in [-0.2, 0) is 12.6 Å². The minimum absolute atomic E-state index is 0.161. The Morgan fingerprint density at radius 1 is 1.00 bits per heavy atom. The second kappa shape index (κ2) is 8.11. The van der Waals surface area contributed by atoms with Crippen LogP contribution in [0, 0.1) is 0 Å². The first-order valence-corrected chi connectivity index (χ1v) is 9.73. The molecule has 9 heteroatoms. The Morgan fingerprint density at radius 2 is 1.73 bits per heavy atom. The average molecular weight is 428 g/mol. The number of benzene rings is 2. The summed E-state index contributed by atoms with van der Waals surface area (Å²) in [7, 11) is 0. The van der Waals surface area contributed by atoms with Crippen molar-refractivity contribution in [2.24, 2.45) is 0 Å². The van der Waals surface area contributed by atoms with Crippen LogP contribution >= 0.6 is 11.3 Å². The summed E-state index contributed by atoms with van der Waals surface area (Å²) in [6.45, 7) is 0. The molecule has 2 heterocycles. The van der Waals surface area contributed by atoms with Crippen LogP contribution in [0.2, 0.25) is 0 Å². The predicted molar refractivity (Wildman–Crippen MR) is 108 cm³/mol. The first kappa shape index (κ1) is 19.8. The molecular weight excluding hydrogens is 413 g/mol. The average Bonchev–Trinajstić information content (AvgIpc) is 3.38. The molecule has 5 nitrogen and oxygen atoms in total. The smallest absolute Gasteiger partial charge is 0.334 e. The van der Waals surface area contributed by atoms with E-state index in [1.807, 2.05) is 30.3 Å². The van der Waals surface area contributed by atoms with Gasteiger partial charge in [0.25, 0.3) is 5.91 Å². The number of aromatic amines is 1. The number of nitrogens with one attached hydrogen (secondary N) is 2. The van der Waals surface area contributed by atoms with Crippen LogP contribution in [-0.4, -0.2) is 20.9 Å². The third-order valence-electron chi connectivity index (χ3n) is 4.31. The van der Waals surface area contributed by atoms with Gasteiger partial charge in [-0.15, -0.1) is 11.3 Å². The number of hydrogen-bond acceptors (Lipinski definition) is 4. The summed E-state index contributed by atoms with van der Waals surface area (Å²) in [4.78, 5) is 24.5. The van der Waals surface area contributed by atoms with Crippen molar-refractivity contribution in [2.45, 2.75) is 12.6 Å². The van der Waals surface area contributed by atoms with Crippen molar-refractivity contribution in [1.82, 2.24) is 15.0 Å². The van der Waals surface area contributed by atoms with Gasteiger partial charge in [0.1, 0.15) is 0 Å². The molecule has 0 spiro atoms. The fourth-order valence-corrected chi connectivity index (χ4v) is 3.66. The van der Waals surface area contributed by atoms with E-state index in [1.165, 1.54) is 23.5 Å². The number of hydrogen-bond donors (Lipinski definition) is 2. The summed E-state index contributed by atoms with van der Waals surface area (Å²) in [6, 6.07) is 14.5. The van der Waals surface area contributed by atoms with E-state index in [-0.39, 0.29) is 5.82 Å². The number of halogens is 3. The normalized spacial score (nSPS) is 11.4. The standard InChI is InChI=1S/C21H15F3N4OS/c22-21(23,24)15-8-6-13(7-9-15)10-16-11-26-20(30-16)28-19(29)18-25-12-17(27-18)14-4-2-1-3-5-14/h1-9,11-12H,10H2,(H,25,27)(H,26,28,29). The molecule has 0 saturated heterocycles. The second-order valence-electron chi connectivity index (χ2n) is 6.47. The summed E-state index contributed by atoms with van der Waals surface area (Å²) in [5, 5.41) is 3.07. The number of rotatable bonds is 5. The van der Waals surface area contributed by atoms with Crippen molar-refractivity contribution in [3.8, 4) is 11.3 Å². The Kier molecular flexibility index (Phi) is 5.37. The molecule has 0 aliphatic heterocycles. The molecule has 0 unspecified atom stereocenters. The fourth-order valence-electron chi connectivity index (χ4n) is 2.82. The maximum absolute atomic E-state index is 12.7. The SMILES string of the molecule is O=C(Nc1ncc(Cc2ccc(C(F)(F)F)cc2)s1)c1ncc(-c2ccccc2)[nH]1. The number of imidazole rings is 1. The van der Waals surface area contributed by atoms with E-state index in [0.717, 1.165) is 33.8 Å². The second-order valence-corrected chi connectivity index (χ2v) is 7.58. The lowest BCUT2D eigenvalue weighted by Gasteiger charge is -2.06. The molecule has 0 bridgehead atoms. The van der Waals surface area contributed by atoms with Crippen molar-refractivity contribution < 1.29 is 18.0 Å². The van der Waals surface area contributed by atoms with Gasteiger partial charge in [-0.1, -0.05) is 42.5 Å². The Bertz CT molecular complexity index is 1150. The zero-order valence-corrected chi connectivity index (χ0v) is 16.2. The zero-order valence-electron chi connectivity index (χ0n) is 15.4. The number of anilines is 1. The van der Waals surface area contributed by atoms with E-state index in [9.17, 15) is 18.0 Å². The van der Waals surface area contributed by atoms with E-state index >= 15 is 0 Å². The molecule has 0 atom stereocenters. The predicted octanol–water partition coefficient (Wildman–Crippen LogP) is 5.40. The third kappa shape index (κ3) is 4.57. The largest absolute Gasteiger partial charge is 0.416 e. The van der Waals surface area contributed by atoms with Gasteiger partial charge in [0, 0.05) is 17.5 Å². The summed E-state index contributed by atoms with van der Waals surface area (Å²) >= 11 is 1.26. The Hall–Kier alpha value is -3.46. The highest BCUT2D eigenvalue weighted by Gasteiger charge is 2.29. The summed E-state index contributed by atoms with van der Waals surface area (Å²) in [5.74, 6) is -0.263. The monoisotopic (exact) mass is 428 g/mol. The molecule has 4 aromatic rings. The summed E-state index contributed by atoms with van der Waals surface area (Å²) in [6.07, 6.45) is -0.755. The summed E-state index contributed by atoms with van der Waals surface area (Å²) in [5.41, 5.74) is 1.68. The molecule has 2 aromatic carbocycles. The van der Waals surface area contributed by atoms with Gasteiger partial charge in [-0.25, -0.2) is 9.97 Å². The van der Waals surface area contributed by atoms with Crippen LogP contribution in [0.5, 0.6) is 0 Å². The molecule has 30 heavy (non-hydrogen) atoms. The van der Waals surface area contributed by atoms with Gasteiger partial charge >= 0.3 is 6.18 Å². The number of alkyl halides is 3. The van der Waals surface area contributed by atoms with Crippen molar-refractivity contribution >= 4 is 22.4 Å². The maximum atomic E-state index is 12.7. The lowest BCUT2D eigenvalue weighted by Crippen LogP contribution is -2.13. The molecule has 0 saturated carbocycles. The number of aromatic nitrogens is 3. The van der Waals surface area contributed by atoms with Gasteiger partial charge in [-0.3, -0.25) is 10.1 Å². The number of nitrogens with zero attached hydrogens (tertiary/aromatic N) is 2. The molecule has 1 amide bonds. The van der Waals surface area contributed by atoms with Gasteiger partial charge in [0.2, 0.25) is 0 Å². The van der Waals surface area contributed by atoms with Crippen molar-refractivity contribution in [3.63, 3.8) is 0 Å². The van der Waals surface area contributed by atoms with Crippen LogP contribution in [0.25, 0.3) is 11.3 Å². The quantitative estimate of drug-likeness (QED) is 0.447. The number of carbonyl (C=O) groups excluding carboxylic acids is 1. The van der Waals surface area contributed by atoms with Gasteiger partial charge in [0.05, 0.1) is 17.5 Å². The van der Waals surface area contributed by atoms with Crippen molar-refractivity contribution in [3.05, 3.63) is 88.8 Å². The number of thiazole rings is 1. The molecule has 4 rings (SSSR count). The zero-order chi connectivity index (χ0) is 21.1. The minimum Gasteiger partial charge on any atom is -0.334 e. The molecular formula is C21H15F3N4OS. The molecule has 0 aliphatic rings. The van der Waals surface area contributed by atoms with E-state index < -0.39 is 17.6 Å². The highest BCUT2D eigenvalue weighted by molar-refractivity contribution is 7.15. The van der Waals surface area contributed by atoms with E-state index in [2.05, 4.69) is 20.3 Å². The van der Waals surface area contributed by atoms with Gasteiger partial charge < -0.3 is 4.98 Å². The van der Waals surface area contributed by atoms with E-state index in [0.29, 0.717) is 11.6 Å². The first-order chi connectivity index (χ1) is 14.4. The highest BCUT2D eigenvalue weighted by Crippen LogP contribution is 2.30. The first-order valence-electron chi connectivity index (χ1n) is 8.91. The van der Waals surface area contributed by atoms with Crippen molar-refractivity contribution in [1.29, 1.82) is 0 Å². The van der Waals surface area contributed by atoms with Crippen LogP contribution in [0.1, 0.15) is 26.6 Å². The molecule has 2 aromatic heterocycles. The minimum atomic E-state index is -4.35. The maximum Gasteiger partial charge on any atom is 0.416 e. The molecule has 0 aliphatic carbocycles. The Morgan fingerprint density at radius 3 is 2.43 bits per heavy atom. The van der Waals surface area contributed by atoms with Crippen LogP contribution in [0.4, 0.5) is 18.3 Å². The molecule has 0 fully saturated rings. The third-order valence-corrected chi connectivity index (χ3v) is 5.22. The van der Waals surface area contributed by atoms with Crippen molar-refractivity contribution in [2.75, 3.05) is 5.32 Å². The lowest BCUT2D eigenvalue weighted by atomic mass is 10.1. The Labute approximate surface area is 173 Å². The highest BCUT2D eigenvalue weighted by atomic mass is 32.1. The lowest BCUT2D eigenvalue weighted by molar-refractivity contribution is -0.137. The van der Waals surface area contributed by atoms with Crippen LogP contribution in [0.15, 0.2) is 67.0 Å². The number of amides is 1. The molecule has 0 radical (unpaired) electrons. The van der Waals surface area contributed by atoms with Gasteiger partial charge in [-0.2, -0.15) is 13.2 Å².